The minimum absolute atomic E-state index is 0.0330. The summed E-state index contributed by atoms with van der Waals surface area (Å²) in [6.45, 7) is 4.17. The molecule has 4 nitrogen and oxygen atoms in total. The highest BCUT2D eigenvalue weighted by atomic mass is 16.4. The van der Waals surface area contributed by atoms with Crippen LogP contribution in [0.1, 0.15) is 71.6 Å². The summed E-state index contributed by atoms with van der Waals surface area (Å²) < 4.78 is 0. The number of carboxylic acid groups (broad SMARTS) is 1. The third-order valence-electron chi connectivity index (χ3n) is 5.15. The van der Waals surface area contributed by atoms with Crippen LogP contribution in [0.15, 0.2) is 24.3 Å². The second-order valence-electron chi connectivity index (χ2n) is 7.12. The van der Waals surface area contributed by atoms with Crippen LogP contribution in [-0.2, 0) is 9.59 Å². The number of aliphatic carboxylic acids is 1. The Labute approximate surface area is 152 Å². The lowest BCUT2D eigenvalue weighted by Gasteiger charge is -2.15. The maximum atomic E-state index is 12.1. The van der Waals surface area contributed by atoms with E-state index in [2.05, 4.69) is 19.1 Å². The van der Waals surface area contributed by atoms with Gasteiger partial charge in [-0.1, -0.05) is 51.0 Å². The largest absolute Gasteiger partial charge is 0.479 e. The molecule has 0 aromatic heterocycles. The maximum Gasteiger partial charge on any atom is 0.332 e. The molecule has 1 rings (SSSR count). The maximum absolute atomic E-state index is 12.1. The van der Waals surface area contributed by atoms with Crippen LogP contribution in [0.3, 0.4) is 0 Å². The molecule has 0 radical (unpaired) electrons. The molecule has 2 unspecified atom stereocenters. The lowest BCUT2D eigenvalue weighted by atomic mass is 9.90. The number of aliphatic hydroxyl groups is 1. The Hall–Kier alpha value is -1.42. The Kier molecular flexibility index (Phi) is 10.4. The van der Waals surface area contributed by atoms with Gasteiger partial charge in [-0.2, -0.15) is 0 Å². The molecule has 0 bridgehead atoms. The molecular weight excluding hydrogens is 316 g/mol. The van der Waals surface area contributed by atoms with Crippen LogP contribution in [0.4, 0.5) is 0 Å². The molecule has 1 fully saturated rings. The first kappa shape index (κ1) is 21.6. The van der Waals surface area contributed by atoms with E-state index in [9.17, 15) is 14.7 Å². The summed E-state index contributed by atoms with van der Waals surface area (Å²) in [6.07, 6.45) is 15.2. The van der Waals surface area contributed by atoms with Crippen molar-refractivity contribution in [2.75, 3.05) is 0 Å². The summed E-state index contributed by atoms with van der Waals surface area (Å²) in [7, 11) is 0. The molecule has 0 heterocycles. The Morgan fingerprint density at radius 2 is 2.04 bits per heavy atom. The van der Waals surface area contributed by atoms with Crippen molar-refractivity contribution in [3.63, 3.8) is 0 Å². The number of hydrogen-bond donors (Lipinski definition) is 2. The molecule has 1 aliphatic rings. The predicted molar refractivity (Wildman–Crippen MR) is 100 cm³/mol. The van der Waals surface area contributed by atoms with Gasteiger partial charge in [0.25, 0.3) is 0 Å². The first-order valence-corrected chi connectivity index (χ1v) is 9.76. The zero-order valence-corrected chi connectivity index (χ0v) is 15.7. The molecule has 142 valence electrons. The van der Waals surface area contributed by atoms with Crippen molar-refractivity contribution in [3.8, 4) is 0 Å². The molecule has 0 amide bonds. The minimum atomic E-state index is -1.32. The Balaban J connectivity index is 2.50. The number of unbranched alkanes of at least 4 members (excludes halogenated alkanes) is 3. The van der Waals surface area contributed by atoms with E-state index in [1.54, 1.807) is 0 Å². The van der Waals surface area contributed by atoms with Gasteiger partial charge in [0.15, 0.2) is 6.10 Å². The second-order valence-corrected chi connectivity index (χ2v) is 7.12. The quantitative estimate of drug-likeness (QED) is 0.401. The van der Waals surface area contributed by atoms with E-state index in [-0.39, 0.29) is 18.3 Å². The van der Waals surface area contributed by atoms with Gasteiger partial charge in [-0.15, -0.1) is 0 Å². The lowest BCUT2D eigenvalue weighted by molar-refractivity contribution is -0.147. The second kappa shape index (κ2) is 12.0. The molecule has 0 aromatic rings. The fourth-order valence-electron chi connectivity index (χ4n) is 3.44. The molecule has 0 spiro atoms. The Morgan fingerprint density at radius 3 is 2.68 bits per heavy atom. The van der Waals surface area contributed by atoms with Gasteiger partial charge in [0.1, 0.15) is 5.78 Å². The lowest BCUT2D eigenvalue weighted by Crippen LogP contribution is -2.22. The van der Waals surface area contributed by atoms with Crippen LogP contribution < -0.4 is 0 Å². The van der Waals surface area contributed by atoms with Crippen LogP contribution in [0.25, 0.3) is 0 Å². The van der Waals surface area contributed by atoms with Crippen LogP contribution in [0.5, 0.6) is 0 Å². The summed E-state index contributed by atoms with van der Waals surface area (Å²) >= 11 is 0. The van der Waals surface area contributed by atoms with Gasteiger partial charge < -0.3 is 10.2 Å². The summed E-state index contributed by atoms with van der Waals surface area (Å²) in [4.78, 5) is 22.9. The molecule has 0 aromatic carbocycles. The highest BCUT2D eigenvalue weighted by Gasteiger charge is 2.31. The SMILES string of the molecule is CCCCCC=C[C@H]1CCC(=O)[C@@H]1CC=CC(CC)CC(O)C(=O)O. The third-order valence-corrected chi connectivity index (χ3v) is 5.15. The van der Waals surface area contributed by atoms with Crippen molar-refractivity contribution < 1.29 is 19.8 Å². The van der Waals surface area contributed by atoms with Gasteiger partial charge in [0, 0.05) is 12.3 Å². The number of ketones is 1. The molecular formula is C21H34O4. The summed E-state index contributed by atoms with van der Waals surface area (Å²) in [5.74, 6) is -0.410. The van der Waals surface area contributed by atoms with Crippen LogP contribution in [-0.4, -0.2) is 28.1 Å². The third kappa shape index (κ3) is 8.00. The van der Waals surface area contributed by atoms with E-state index < -0.39 is 12.1 Å². The van der Waals surface area contributed by atoms with Gasteiger partial charge in [0.05, 0.1) is 0 Å². The molecule has 2 N–H and O–H groups in total. The molecule has 25 heavy (non-hydrogen) atoms. The summed E-state index contributed by atoms with van der Waals surface area (Å²) in [6, 6.07) is 0. The Morgan fingerprint density at radius 1 is 1.28 bits per heavy atom. The number of hydrogen-bond acceptors (Lipinski definition) is 3. The highest BCUT2D eigenvalue weighted by molar-refractivity contribution is 5.83. The van der Waals surface area contributed by atoms with Crippen LogP contribution in [0, 0.1) is 17.8 Å². The van der Waals surface area contributed by atoms with Gasteiger partial charge in [-0.05, 0) is 50.4 Å². The number of carbonyl (C=O) groups is 2. The first-order chi connectivity index (χ1) is 12.0. The van der Waals surface area contributed by atoms with Crippen LogP contribution >= 0.6 is 0 Å². The average Bonchev–Trinajstić information content (AvgIpc) is 2.93. The topological polar surface area (TPSA) is 74.6 Å². The van der Waals surface area contributed by atoms with E-state index in [1.165, 1.54) is 19.3 Å². The first-order valence-electron chi connectivity index (χ1n) is 9.76. The average molecular weight is 350 g/mol. The molecule has 0 aliphatic heterocycles. The highest BCUT2D eigenvalue weighted by Crippen LogP contribution is 2.33. The summed E-state index contributed by atoms with van der Waals surface area (Å²) in [5, 5.41) is 18.3. The number of Topliss-reactive ketones (excluding diaryl/α,β-unsaturated/α-hetero) is 1. The number of carbonyl (C=O) groups excluding carboxylic acids is 1. The summed E-state index contributed by atoms with van der Waals surface area (Å²) in [5.41, 5.74) is 0. The molecule has 4 atom stereocenters. The van der Waals surface area contributed by atoms with Gasteiger partial charge >= 0.3 is 5.97 Å². The number of rotatable bonds is 12. The van der Waals surface area contributed by atoms with Gasteiger partial charge in [0.2, 0.25) is 0 Å². The van der Waals surface area contributed by atoms with Crippen molar-refractivity contribution in [1.82, 2.24) is 0 Å². The van der Waals surface area contributed by atoms with Crippen molar-refractivity contribution in [2.24, 2.45) is 17.8 Å². The van der Waals surface area contributed by atoms with E-state index >= 15 is 0 Å². The van der Waals surface area contributed by atoms with Crippen LogP contribution in [0.2, 0.25) is 0 Å². The normalized spacial score (nSPS) is 23.6. The fourth-order valence-corrected chi connectivity index (χ4v) is 3.44. The number of allylic oxidation sites excluding steroid dienone is 4. The van der Waals surface area contributed by atoms with Crippen molar-refractivity contribution in [2.45, 2.75) is 77.7 Å². The van der Waals surface area contributed by atoms with Crippen molar-refractivity contribution in [3.05, 3.63) is 24.3 Å². The van der Waals surface area contributed by atoms with Crippen molar-refractivity contribution >= 4 is 11.8 Å². The smallest absolute Gasteiger partial charge is 0.332 e. The minimum Gasteiger partial charge on any atom is -0.479 e. The number of carboxylic acids is 1. The zero-order chi connectivity index (χ0) is 18.7. The van der Waals surface area contributed by atoms with Crippen molar-refractivity contribution in [1.29, 1.82) is 0 Å². The molecule has 4 heteroatoms. The molecule has 1 saturated carbocycles. The predicted octanol–water partition coefficient (Wildman–Crippen LogP) is 4.53. The van der Waals surface area contributed by atoms with Gasteiger partial charge in [-0.3, -0.25) is 4.79 Å². The molecule has 1 aliphatic carbocycles. The Bertz CT molecular complexity index is 467. The van der Waals surface area contributed by atoms with E-state index in [1.807, 2.05) is 19.1 Å². The van der Waals surface area contributed by atoms with E-state index in [4.69, 9.17) is 5.11 Å². The van der Waals surface area contributed by atoms with E-state index in [0.717, 1.165) is 19.3 Å². The zero-order valence-electron chi connectivity index (χ0n) is 15.7. The molecule has 0 saturated heterocycles. The standard InChI is InChI=1S/C21H34O4/c1-3-5-6-7-8-11-17-13-14-19(22)18(17)12-9-10-16(4-2)15-20(23)21(24)25/h8-11,16-18,20,23H,3-7,12-15H2,1-2H3,(H,24,25)/t16?,17-,18+,20?/m0/s1. The van der Waals surface area contributed by atoms with Gasteiger partial charge in [-0.25, -0.2) is 4.79 Å². The number of aliphatic hydroxyl groups excluding tert-OH is 1. The monoisotopic (exact) mass is 350 g/mol. The van der Waals surface area contributed by atoms with E-state index in [0.29, 0.717) is 24.5 Å². The fraction of sp³-hybridized carbons (Fsp3) is 0.714.